The van der Waals surface area contributed by atoms with Crippen molar-refractivity contribution in [1.82, 2.24) is 5.32 Å². The lowest BCUT2D eigenvalue weighted by Crippen LogP contribution is -2.49. The van der Waals surface area contributed by atoms with Crippen molar-refractivity contribution in [3.63, 3.8) is 0 Å². The van der Waals surface area contributed by atoms with Crippen molar-refractivity contribution in [1.29, 1.82) is 0 Å². The summed E-state index contributed by atoms with van der Waals surface area (Å²) in [7, 11) is 1.46. The van der Waals surface area contributed by atoms with Crippen molar-refractivity contribution in [2.75, 3.05) is 26.9 Å². The number of ether oxygens (including phenoxy) is 2. The molecule has 0 aromatic heterocycles. The standard InChI is InChI=1S/C14H17F2NO4/c1-20-11-7-21-6-8(13(11)18)5-17-14(19)9-3-2-4-10(15)12(9)16/h2-4,8,11,13,18H,5-7H2,1H3,(H,17,19)/t8-,11-,13+/m1/s1. The lowest BCUT2D eigenvalue weighted by atomic mass is 9.96. The summed E-state index contributed by atoms with van der Waals surface area (Å²) in [4.78, 5) is 11.8. The van der Waals surface area contributed by atoms with Crippen molar-refractivity contribution in [3.8, 4) is 0 Å². The van der Waals surface area contributed by atoms with Crippen LogP contribution in [0.5, 0.6) is 0 Å². The van der Waals surface area contributed by atoms with Crippen LogP contribution in [0.2, 0.25) is 0 Å². The van der Waals surface area contributed by atoms with Crippen molar-refractivity contribution < 1.29 is 28.2 Å². The molecular weight excluding hydrogens is 284 g/mol. The second-order valence-corrected chi connectivity index (χ2v) is 4.87. The molecule has 1 aliphatic heterocycles. The van der Waals surface area contributed by atoms with Crippen LogP contribution >= 0.6 is 0 Å². The predicted octanol–water partition coefficient (Wildman–Crippen LogP) is 0.717. The van der Waals surface area contributed by atoms with Gasteiger partial charge in [0.1, 0.15) is 6.10 Å². The number of amides is 1. The summed E-state index contributed by atoms with van der Waals surface area (Å²) in [6, 6.07) is 3.39. The lowest BCUT2D eigenvalue weighted by Gasteiger charge is -2.33. The molecule has 1 fully saturated rings. The highest BCUT2D eigenvalue weighted by Gasteiger charge is 2.33. The number of halogens is 2. The molecule has 116 valence electrons. The van der Waals surface area contributed by atoms with Crippen LogP contribution in [0, 0.1) is 17.6 Å². The normalized spacial score (nSPS) is 25.6. The van der Waals surface area contributed by atoms with Crippen molar-refractivity contribution >= 4 is 5.91 Å². The Morgan fingerprint density at radius 3 is 2.95 bits per heavy atom. The fourth-order valence-electron chi connectivity index (χ4n) is 2.22. The molecule has 0 radical (unpaired) electrons. The summed E-state index contributed by atoms with van der Waals surface area (Å²) in [5, 5.41) is 12.5. The van der Waals surface area contributed by atoms with Gasteiger partial charge in [-0.3, -0.25) is 4.79 Å². The number of benzene rings is 1. The minimum atomic E-state index is -1.19. The molecule has 0 spiro atoms. The summed E-state index contributed by atoms with van der Waals surface area (Å²) in [5.41, 5.74) is -0.371. The van der Waals surface area contributed by atoms with E-state index in [9.17, 15) is 18.7 Å². The predicted molar refractivity (Wildman–Crippen MR) is 69.8 cm³/mol. The van der Waals surface area contributed by atoms with Gasteiger partial charge in [-0.2, -0.15) is 0 Å². The Morgan fingerprint density at radius 1 is 1.48 bits per heavy atom. The Balaban J connectivity index is 1.96. The number of carbonyl (C=O) groups is 1. The largest absolute Gasteiger partial charge is 0.390 e. The van der Waals surface area contributed by atoms with E-state index in [1.165, 1.54) is 19.2 Å². The highest BCUT2D eigenvalue weighted by atomic mass is 19.2. The van der Waals surface area contributed by atoms with Crippen LogP contribution in [0.3, 0.4) is 0 Å². The van der Waals surface area contributed by atoms with E-state index in [1.54, 1.807) is 0 Å². The Labute approximate surface area is 120 Å². The van der Waals surface area contributed by atoms with Gasteiger partial charge in [-0.1, -0.05) is 6.07 Å². The van der Waals surface area contributed by atoms with Crippen LogP contribution in [0.4, 0.5) is 8.78 Å². The number of nitrogens with one attached hydrogen (secondary N) is 1. The average Bonchev–Trinajstić information content (AvgIpc) is 2.48. The molecule has 5 nitrogen and oxygen atoms in total. The van der Waals surface area contributed by atoms with Gasteiger partial charge in [-0.15, -0.1) is 0 Å². The second kappa shape index (κ2) is 6.93. The zero-order valence-electron chi connectivity index (χ0n) is 11.5. The van der Waals surface area contributed by atoms with Crippen LogP contribution in [-0.2, 0) is 9.47 Å². The smallest absolute Gasteiger partial charge is 0.254 e. The number of rotatable bonds is 4. The average molecular weight is 301 g/mol. The molecule has 7 heteroatoms. The number of methoxy groups -OCH3 is 1. The van der Waals surface area contributed by atoms with Crippen molar-refractivity contribution in [2.45, 2.75) is 12.2 Å². The van der Waals surface area contributed by atoms with E-state index in [0.29, 0.717) is 0 Å². The van der Waals surface area contributed by atoms with Crippen molar-refractivity contribution in [3.05, 3.63) is 35.4 Å². The van der Waals surface area contributed by atoms with Crippen LogP contribution in [-0.4, -0.2) is 50.1 Å². The molecule has 21 heavy (non-hydrogen) atoms. The van der Waals surface area contributed by atoms with Gasteiger partial charge in [-0.25, -0.2) is 8.78 Å². The van der Waals surface area contributed by atoms with Gasteiger partial charge in [0.2, 0.25) is 0 Å². The Hall–Kier alpha value is -1.57. The van der Waals surface area contributed by atoms with E-state index in [-0.39, 0.29) is 31.2 Å². The highest BCUT2D eigenvalue weighted by Crippen LogP contribution is 2.17. The maximum Gasteiger partial charge on any atom is 0.254 e. The fraction of sp³-hybridized carbons (Fsp3) is 0.500. The van der Waals surface area contributed by atoms with Crippen LogP contribution in [0.1, 0.15) is 10.4 Å². The number of aliphatic hydroxyl groups excluding tert-OH is 1. The molecule has 2 rings (SSSR count). The molecule has 2 N–H and O–H groups in total. The number of hydrogen-bond donors (Lipinski definition) is 2. The first-order valence-electron chi connectivity index (χ1n) is 6.55. The molecule has 3 atom stereocenters. The SMILES string of the molecule is CO[C@@H]1COC[C@@H](CNC(=O)c2cccc(F)c2F)[C@@H]1O. The molecule has 0 bridgehead atoms. The third-order valence-electron chi connectivity index (χ3n) is 3.50. The zero-order valence-corrected chi connectivity index (χ0v) is 11.5. The minimum absolute atomic E-state index is 0.0792. The number of carbonyl (C=O) groups excluding carboxylic acids is 1. The van der Waals surface area contributed by atoms with Crippen LogP contribution in [0.15, 0.2) is 18.2 Å². The van der Waals surface area contributed by atoms with Gasteiger partial charge in [0.05, 0.1) is 24.9 Å². The van der Waals surface area contributed by atoms with Gasteiger partial charge >= 0.3 is 0 Å². The van der Waals surface area contributed by atoms with E-state index in [2.05, 4.69) is 5.32 Å². The summed E-state index contributed by atoms with van der Waals surface area (Å²) in [6.45, 7) is 0.614. The van der Waals surface area contributed by atoms with Gasteiger partial charge in [0, 0.05) is 19.6 Å². The Morgan fingerprint density at radius 2 is 2.24 bits per heavy atom. The second-order valence-electron chi connectivity index (χ2n) is 4.87. The van der Waals surface area contributed by atoms with E-state index in [0.717, 1.165) is 6.07 Å². The first-order chi connectivity index (χ1) is 10.0. The Kier molecular flexibility index (Phi) is 5.22. The van der Waals surface area contributed by atoms with Crippen LogP contribution < -0.4 is 5.32 Å². The lowest BCUT2D eigenvalue weighted by molar-refractivity contribution is -0.132. The molecular formula is C14H17F2NO4. The van der Waals surface area contributed by atoms with Crippen LogP contribution in [0.25, 0.3) is 0 Å². The third kappa shape index (κ3) is 3.55. The monoisotopic (exact) mass is 301 g/mol. The molecule has 0 saturated carbocycles. The molecule has 0 aliphatic carbocycles. The van der Waals surface area contributed by atoms with E-state index in [1.807, 2.05) is 0 Å². The number of aliphatic hydroxyl groups is 1. The molecule has 1 aliphatic rings. The minimum Gasteiger partial charge on any atom is -0.390 e. The topological polar surface area (TPSA) is 67.8 Å². The molecule has 1 saturated heterocycles. The molecule has 1 aromatic carbocycles. The van der Waals surface area contributed by atoms with E-state index in [4.69, 9.17) is 9.47 Å². The zero-order chi connectivity index (χ0) is 15.4. The first-order valence-corrected chi connectivity index (χ1v) is 6.55. The highest BCUT2D eigenvalue weighted by molar-refractivity contribution is 5.94. The first kappa shape index (κ1) is 15.8. The third-order valence-corrected chi connectivity index (χ3v) is 3.50. The molecule has 1 aromatic rings. The van der Waals surface area contributed by atoms with Gasteiger partial charge in [0.15, 0.2) is 11.6 Å². The molecule has 0 unspecified atom stereocenters. The molecule has 1 heterocycles. The maximum absolute atomic E-state index is 13.5. The maximum atomic E-state index is 13.5. The van der Waals surface area contributed by atoms with E-state index < -0.39 is 29.7 Å². The summed E-state index contributed by atoms with van der Waals surface area (Å²) >= 11 is 0. The quantitative estimate of drug-likeness (QED) is 0.860. The fourth-order valence-corrected chi connectivity index (χ4v) is 2.22. The summed E-state index contributed by atoms with van der Waals surface area (Å²) in [6.07, 6.45) is -1.26. The Bertz CT molecular complexity index is 512. The van der Waals surface area contributed by atoms with Crippen molar-refractivity contribution in [2.24, 2.45) is 5.92 Å². The summed E-state index contributed by atoms with van der Waals surface area (Å²) in [5.74, 6) is -3.38. The summed E-state index contributed by atoms with van der Waals surface area (Å²) < 4.78 is 36.9. The number of hydrogen-bond acceptors (Lipinski definition) is 4. The van der Waals surface area contributed by atoms with Gasteiger partial charge in [-0.05, 0) is 12.1 Å². The van der Waals surface area contributed by atoms with Gasteiger partial charge < -0.3 is 19.9 Å². The van der Waals surface area contributed by atoms with E-state index >= 15 is 0 Å². The molecule has 1 amide bonds. The van der Waals surface area contributed by atoms with Gasteiger partial charge in [0.25, 0.3) is 5.91 Å².